The predicted octanol–water partition coefficient (Wildman–Crippen LogP) is 2.62. The Morgan fingerprint density at radius 3 is 3.06 bits per heavy atom. The van der Waals surface area contributed by atoms with E-state index in [1.807, 2.05) is 6.08 Å². The minimum absolute atomic E-state index is 0.0102. The van der Waals surface area contributed by atoms with Gasteiger partial charge in [-0.2, -0.15) is 5.10 Å². The van der Waals surface area contributed by atoms with Crippen LogP contribution in [0.25, 0.3) is 16.1 Å². The minimum atomic E-state index is -0.120. The van der Waals surface area contributed by atoms with Crippen molar-refractivity contribution in [1.82, 2.24) is 14.8 Å². The van der Waals surface area contributed by atoms with Crippen LogP contribution in [0.4, 0.5) is 0 Å². The molecule has 0 saturated carbocycles. The Labute approximate surface area is 93.6 Å². The largest absolute Gasteiger partial charge is 0.225 e. The molecule has 1 atom stereocenters. The third kappa shape index (κ3) is 1.92. The lowest BCUT2D eigenvalue weighted by atomic mass is 9.76. The number of hydrogen-bond acceptors (Lipinski definition) is 3. The van der Waals surface area contributed by atoms with Gasteiger partial charge >= 0.3 is 0 Å². The average Bonchev–Trinajstić information content (AvgIpc) is 2.74. The molecule has 0 bridgehead atoms. The Morgan fingerprint density at radius 2 is 2.44 bits per heavy atom. The van der Waals surface area contributed by atoms with Gasteiger partial charge in [-0.1, -0.05) is 25.0 Å². The zero-order valence-electron chi connectivity index (χ0n) is 9.41. The molecule has 0 radical (unpaired) electrons. The standard InChI is InChI=1S/C10H14N6/c1-10(2)4-3-8(5-9(10)14-15-11)16-7-12-6-13-16/h5-7,9H,3-4H2,1-2H3. The number of azide groups is 1. The van der Waals surface area contributed by atoms with Crippen LogP contribution in [0.3, 0.4) is 0 Å². The second kappa shape index (κ2) is 3.98. The predicted molar refractivity (Wildman–Crippen MR) is 60.2 cm³/mol. The third-order valence-corrected chi connectivity index (χ3v) is 3.07. The van der Waals surface area contributed by atoms with Gasteiger partial charge in [-0.05, 0) is 23.8 Å². The van der Waals surface area contributed by atoms with Crippen LogP contribution in [0.2, 0.25) is 0 Å². The maximum atomic E-state index is 8.56. The van der Waals surface area contributed by atoms with Crippen LogP contribution < -0.4 is 0 Å². The van der Waals surface area contributed by atoms with E-state index >= 15 is 0 Å². The van der Waals surface area contributed by atoms with Crippen LogP contribution in [0.15, 0.2) is 23.8 Å². The van der Waals surface area contributed by atoms with Gasteiger partial charge < -0.3 is 0 Å². The summed E-state index contributed by atoms with van der Waals surface area (Å²) in [6.07, 6.45) is 7.05. The van der Waals surface area contributed by atoms with E-state index in [0.29, 0.717) is 0 Å². The lowest BCUT2D eigenvalue weighted by molar-refractivity contribution is 0.289. The van der Waals surface area contributed by atoms with Crippen molar-refractivity contribution in [2.75, 3.05) is 0 Å². The third-order valence-electron chi connectivity index (χ3n) is 3.07. The van der Waals surface area contributed by atoms with Gasteiger partial charge in [0.1, 0.15) is 12.7 Å². The molecule has 0 N–H and O–H groups in total. The summed E-state index contributed by atoms with van der Waals surface area (Å²) in [5.74, 6) is 0. The summed E-state index contributed by atoms with van der Waals surface area (Å²) in [6, 6.07) is -0.120. The fourth-order valence-corrected chi connectivity index (χ4v) is 1.88. The van der Waals surface area contributed by atoms with Crippen LogP contribution in [0, 0.1) is 5.41 Å². The summed E-state index contributed by atoms with van der Waals surface area (Å²) in [5, 5.41) is 7.92. The molecular weight excluding hydrogens is 204 g/mol. The molecule has 2 rings (SSSR count). The quantitative estimate of drug-likeness (QED) is 0.434. The molecule has 0 aromatic carbocycles. The molecule has 0 amide bonds. The summed E-state index contributed by atoms with van der Waals surface area (Å²) in [6.45, 7) is 4.22. The maximum Gasteiger partial charge on any atom is 0.138 e. The molecule has 0 fully saturated rings. The molecule has 84 valence electrons. The van der Waals surface area contributed by atoms with Crippen molar-refractivity contribution in [3.63, 3.8) is 0 Å². The molecule has 6 heteroatoms. The number of rotatable bonds is 2. The number of nitrogens with zero attached hydrogens (tertiary/aromatic N) is 6. The molecule has 0 saturated heterocycles. The van der Waals surface area contributed by atoms with Gasteiger partial charge in [-0.15, -0.1) is 0 Å². The second-order valence-electron chi connectivity index (χ2n) is 4.64. The topological polar surface area (TPSA) is 79.5 Å². The fourth-order valence-electron chi connectivity index (χ4n) is 1.88. The van der Waals surface area contributed by atoms with Crippen LogP contribution >= 0.6 is 0 Å². The molecule has 16 heavy (non-hydrogen) atoms. The zero-order valence-corrected chi connectivity index (χ0v) is 9.41. The fraction of sp³-hybridized carbons (Fsp3) is 0.600. The first-order valence-electron chi connectivity index (χ1n) is 5.23. The summed E-state index contributed by atoms with van der Waals surface area (Å²) in [4.78, 5) is 6.82. The van der Waals surface area contributed by atoms with Gasteiger partial charge in [0.2, 0.25) is 0 Å². The highest BCUT2D eigenvalue weighted by Crippen LogP contribution is 2.37. The molecule has 1 aliphatic carbocycles. The Bertz CT molecular complexity index is 438. The Morgan fingerprint density at radius 1 is 1.62 bits per heavy atom. The molecule has 1 aromatic rings. The van der Waals surface area contributed by atoms with Crippen LogP contribution in [-0.2, 0) is 0 Å². The Balaban J connectivity index is 2.33. The first-order valence-corrected chi connectivity index (χ1v) is 5.23. The highest BCUT2D eigenvalue weighted by molar-refractivity contribution is 5.47. The molecule has 6 nitrogen and oxygen atoms in total. The Hall–Kier alpha value is -1.81. The van der Waals surface area contributed by atoms with E-state index in [1.54, 1.807) is 11.0 Å². The second-order valence-corrected chi connectivity index (χ2v) is 4.64. The summed E-state index contributed by atoms with van der Waals surface area (Å²) < 4.78 is 1.73. The first kappa shape index (κ1) is 10.7. The highest BCUT2D eigenvalue weighted by Gasteiger charge is 2.31. The smallest absolute Gasteiger partial charge is 0.138 e. The van der Waals surface area contributed by atoms with E-state index in [2.05, 4.69) is 34.0 Å². The van der Waals surface area contributed by atoms with Crippen LogP contribution in [0.1, 0.15) is 26.7 Å². The van der Waals surface area contributed by atoms with Crippen molar-refractivity contribution < 1.29 is 0 Å². The lowest BCUT2D eigenvalue weighted by Gasteiger charge is -2.34. The molecule has 0 spiro atoms. The minimum Gasteiger partial charge on any atom is -0.225 e. The van der Waals surface area contributed by atoms with Crippen LogP contribution in [0.5, 0.6) is 0 Å². The summed E-state index contributed by atoms with van der Waals surface area (Å²) in [5.41, 5.74) is 9.62. The Kier molecular flexibility index (Phi) is 2.66. The molecule has 1 aliphatic rings. The summed E-state index contributed by atoms with van der Waals surface area (Å²) >= 11 is 0. The SMILES string of the molecule is CC1(C)CCC(n2cncn2)=CC1N=[N+]=[N-]. The van der Waals surface area contributed by atoms with Crippen molar-refractivity contribution in [2.24, 2.45) is 10.5 Å². The summed E-state index contributed by atoms with van der Waals surface area (Å²) in [7, 11) is 0. The maximum absolute atomic E-state index is 8.56. The van der Waals surface area contributed by atoms with Crippen molar-refractivity contribution in [3.05, 3.63) is 29.2 Å². The van der Waals surface area contributed by atoms with E-state index < -0.39 is 0 Å². The monoisotopic (exact) mass is 218 g/mol. The lowest BCUT2D eigenvalue weighted by Crippen LogP contribution is -2.30. The first-order chi connectivity index (χ1) is 7.63. The van der Waals surface area contributed by atoms with Crippen molar-refractivity contribution in [2.45, 2.75) is 32.7 Å². The van der Waals surface area contributed by atoms with Crippen molar-refractivity contribution in [3.8, 4) is 0 Å². The van der Waals surface area contributed by atoms with Gasteiger partial charge in [0.15, 0.2) is 0 Å². The number of aromatic nitrogens is 3. The van der Waals surface area contributed by atoms with Gasteiger partial charge in [-0.25, -0.2) is 9.67 Å². The van der Waals surface area contributed by atoms with Gasteiger partial charge in [0.25, 0.3) is 0 Å². The molecular formula is C10H14N6. The van der Waals surface area contributed by atoms with Gasteiger partial charge in [-0.3, -0.25) is 0 Å². The van der Waals surface area contributed by atoms with E-state index in [1.165, 1.54) is 6.33 Å². The van der Waals surface area contributed by atoms with E-state index in [4.69, 9.17) is 5.53 Å². The number of allylic oxidation sites excluding steroid dienone is 1. The zero-order chi connectivity index (χ0) is 11.6. The van der Waals surface area contributed by atoms with Gasteiger partial charge in [0, 0.05) is 10.6 Å². The van der Waals surface area contributed by atoms with Gasteiger partial charge in [0.05, 0.1) is 6.04 Å². The van der Waals surface area contributed by atoms with E-state index in [9.17, 15) is 0 Å². The number of hydrogen-bond donors (Lipinski definition) is 0. The molecule has 1 unspecified atom stereocenters. The highest BCUT2D eigenvalue weighted by atomic mass is 15.3. The van der Waals surface area contributed by atoms with Crippen molar-refractivity contribution in [1.29, 1.82) is 0 Å². The van der Waals surface area contributed by atoms with Crippen LogP contribution in [-0.4, -0.2) is 20.8 Å². The molecule has 0 aliphatic heterocycles. The molecule has 1 heterocycles. The van der Waals surface area contributed by atoms with Crippen molar-refractivity contribution >= 4 is 5.70 Å². The average molecular weight is 218 g/mol. The van der Waals surface area contributed by atoms with E-state index in [0.717, 1.165) is 18.5 Å². The molecule has 1 aromatic heterocycles. The normalized spacial score (nSPS) is 23.4. The van der Waals surface area contributed by atoms with E-state index in [-0.39, 0.29) is 11.5 Å².